The zero-order valence-corrected chi connectivity index (χ0v) is 15.3. The summed E-state index contributed by atoms with van der Waals surface area (Å²) in [4.78, 5) is 22.0. The number of hydrogen-bond acceptors (Lipinski definition) is 4. The lowest BCUT2D eigenvalue weighted by Gasteiger charge is -2.12. The van der Waals surface area contributed by atoms with Gasteiger partial charge in [-0.2, -0.15) is 0 Å². The molecular formula is C21H16ClN3O2. The van der Waals surface area contributed by atoms with Crippen LogP contribution in [0.1, 0.15) is 21.7 Å². The molecule has 0 aliphatic carbocycles. The van der Waals surface area contributed by atoms with Crippen molar-refractivity contribution in [3.8, 4) is 11.4 Å². The van der Waals surface area contributed by atoms with Crippen LogP contribution in [0.25, 0.3) is 22.3 Å². The summed E-state index contributed by atoms with van der Waals surface area (Å²) >= 11 is 6.28. The van der Waals surface area contributed by atoms with Gasteiger partial charge in [0, 0.05) is 16.6 Å². The molecule has 0 fully saturated rings. The number of furan rings is 1. The number of pyridine rings is 2. The third-order valence-corrected chi connectivity index (χ3v) is 4.75. The summed E-state index contributed by atoms with van der Waals surface area (Å²) in [7, 11) is 0. The second kappa shape index (κ2) is 7.21. The van der Waals surface area contributed by atoms with Crippen LogP contribution in [0.4, 0.5) is 0 Å². The molecule has 5 nitrogen and oxygen atoms in total. The smallest absolute Gasteiger partial charge is 0.252 e. The maximum atomic E-state index is 12.9. The van der Waals surface area contributed by atoms with E-state index in [1.165, 1.54) is 0 Å². The van der Waals surface area contributed by atoms with Gasteiger partial charge in [-0.1, -0.05) is 23.7 Å². The molecule has 4 rings (SSSR count). The number of rotatable bonds is 4. The van der Waals surface area contributed by atoms with Gasteiger partial charge in [-0.05, 0) is 48.9 Å². The van der Waals surface area contributed by atoms with E-state index in [4.69, 9.17) is 21.0 Å². The molecule has 0 atom stereocenters. The van der Waals surface area contributed by atoms with E-state index in [0.29, 0.717) is 39.8 Å². The first-order valence-electron chi connectivity index (χ1n) is 8.45. The number of carbonyl (C=O) groups excluding carboxylic acids is 1. The normalized spacial score (nSPS) is 10.9. The van der Waals surface area contributed by atoms with E-state index in [9.17, 15) is 4.79 Å². The molecule has 0 radical (unpaired) electrons. The fourth-order valence-corrected chi connectivity index (χ4v) is 3.07. The Kier molecular flexibility index (Phi) is 4.60. The number of nitrogens with one attached hydrogen (secondary N) is 1. The topological polar surface area (TPSA) is 68.0 Å². The lowest BCUT2D eigenvalue weighted by Crippen LogP contribution is -2.23. The molecule has 0 aliphatic rings. The summed E-state index contributed by atoms with van der Waals surface area (Å²) in [5, 5.41) is 4.24. The molecule has 0 aliphatic heterocycles. The molecule has 1 aromatic carbocycles. The van der Waals surface area contributed by atoms with Gasteiger partial charge in [0.15, 0.2) is 0 Å². The highest BCUT2D eigenvalue weighted by Gasteiger charge is 2.17. The Labute approximate surface area is 161 Å². The number of benzene rings is 1. The lowest BCUT2D eigenvalue weighted by atomic mass is 10.0. The second-order valence-corrected chi connectivity index (χ2v) is 6.51. The van der Waals surface area contributed by atoms with Crippen LogP contribution in [-0.2, 0) is 6.54 Å². The van der Waals surface area contributed by atoms with Crippen LogP contribution in [-0.4, -0.2) is 15.9 Å². The molecule has 0 spiro atoms. The summed E-state index contributed by atoms with van der Waals surface area (Å²) in [6.07, 6.45) is 3.27. The SMILES string of the molecule is Cc1c(Cl)ccc2c(C(=O)NCc3ccco3)cc(-c3ccccn3)nc12. The maximum Gasteiger partial charge on any atom is 0.252 e. The van der Waals surface area contributed by atoms with E-state index >= 15 is 0 Å². The third kappa shape index (κ3) is 3.41. The molecular weight excluding hydrogens is 362 g/mol. The van der Waals surface area contributed by atoms with E-state index in [1.807, 2.05) is 37.3 Å². The van der Waals surface area contributed by atoms with Crippen molar-refractivity contribution in [1.29, 1.82) is 0 Å². The molecule has 0 bridgehead atoms. The van der Waals surface area contributed by atoms with Crippen LogP contribution in [0.5, 0.6) is 0 Å². The summed E-state index contributed by atoms with van der Waals surface area (Å²) in [6, 6.07) is 14.5. The predicted molar refractivity (Wildman–Crippen MR) is 105 cm³/mol. The van der Waals surface area contributed by atoms with Gasteiger partial charge in [0.25, 0.3) is 5.91 Å². The number of aromatic nitrogens is 2. The minimum absolute atomic E-state index is 0.210. The van der Waals surface area contributed by atoms with Crippen molar-refractivity contribution in [3.63, 3.8) is 0 Å². The van der Waals surface area contributed by atoms with Gasteiger partial charge in [0.05, 0.1) is 35.3 Å². The van der Waals surface area contributed by atoms with E-state index in [0.717, 1.165) is 10.9 Å². The average Bonchev–Trinajstić information content (AvgIpc) is 3.22. The second-order valence-electron chi connectivity index (χ2n) is 6.10. The minimum atomic E-state index is -0.210. The molecule has 3 aromatic heterocycles. The lowest BCUT2D eigenvalue weighted by molar-refractivity contribution is 0.0949. The molecule has 6 heteroatoms. The zero-order chi connectivity index (χ0) is 18.8. The molecule has 27 heavy (non-hydrogen) atoms. The Hall–Kier alpha value is -3.18. The van der Waals surface area contributed by atoms with Crippen LogP contribution in [0, 0.1) is 6.92 Å². The largest absolute Gasteiger partial charge is 0.467 e. The number of carbonyl (C=O) groups is 1. The monoisotopic (exact) mass is 377 g/mol. The number of halogens is 1. The first kappa shape index (κ1) is 17.2. The first-order chi connectivity index (χ1) is 13.1. The van der Waals surface area contributed by atoms with Crippen LogP contribution >= 0.6 is 11.6 Å². The summed E-state index contributed by atoms with van der Waals surface area (Å²) in [5.41, 5.74) is 3.35. The first-order valence-corrected chi connectivity index (χ1v) is 8.83. The summed E-state index contributed by atoms with van der Waals surface area (Å²) in [5.74, 6) is 0.476. The Morgan fingerprint density at radius 2 is 2.04 bits per heavy atom. The number of aryl methyl sites for hydroxylation is 1. The number of amides is 1. The minimum Gasteiger partial charge on any atom is -0.467 e. The molecule has 0 unspecified atom stereocenters. The van der Waals surface area contributed by atoms with Crippen molar-refractivity contribution in [2.45, 2.75) is 13.5 Å². The van der Waals surface area contributed by atoms with Crippen molar-refractivity contribution in [2.75, 3.05) is 0 Å². The van der Waals surface area contributed by atoms with E-state index in [-0.39, 0.29) is 5.91 Å². The Bertz CT molecular complexity index is 1110. The van der Waals surface area contributed by atoms with E-state index in [1.54, 1.807) is 30.7 Å². The number of nitrogens with zero attached hydrogens (tertiary/aromatic N) is 2. The number of fused-ring (bicyclic) bond motifs is 1. The van der Waals surface area contributed by atoms with Crippen molar-refractivity contribution < 1.29 is 9.21 Å². The third-order valence-electron chi connectivity index (χ3n) is 4.34. The molecule has 1 N–H and O–H groups in total. The highest BCUT2D eigenvalue weighted by Crippen LogP contribution is 2.29. The van der Waals surface area contributed by atoms with Gasteiger partial charge in [-0.15, -0.1) is 0 Å². The molecule has 134 valence electrons. The summed E-state index contributed by atoms with van der Waals surface area (Å²) in [6.45, 7) is 2.20. The van der Waals surface area contributed by atoms with Crippen LogP contribution < -0.4 is 5.32 Å². The van der Waals surface area contributed by atoms with Crippen molar-refractivity contribution in [1.82, 2.24) is 15.3 Å². The fourth-order valence-electron chi connectivity index (χ4n) is 2.91. The van der Waals surface area contributed by atoms with Crippen molar-refractivity contribution in [3.05, 3.63) is 82.9 Å². The predicted octanol–water partition coefficient (Wildman–Crippen LogP) is 4.78. The van der Waals surface area contributed by atoms with Gasteiger partial charge in [-0.25, -0.2) is 4.98 Å². The zero-order valence-electron chi connectivity index (χ0n) is 14.6. The highest BCUT2D eigenvalue weighted by atomic mass is 35.5. The Morgan fingerprint density at radius 3 is 2.78 bits per heavy atom. The van der Waals surface area contributed by atoms with E-state index in [2.05, 4.69) is 10.3 Å². The quantitative estimate of drug-likeness (QED) is 0.555. The van der Waals surface area contributed by atoms with Crippen LogP contribution in [0.2, 0.25) is 5.02 Å². The van der Waals surface area contributed by atoms with Gasteiger partial charge in [0.2, 0.25) is 0 Å². The fraction of sp³-hybridized carbons (Fsp3) is 0.0952. The van der Waals surface area contributed by atoms with Gasteiger partial charge < -0.3 is 9.73 Å². The molecule has 0 saturated carbocycles. The van der Waals surface area contributed by atoms with Crippen LogP contribution in [0.15, 0.2) is 65.4 Å². The average molecular weight is 378 g/mol. The van der Waals surface area contributed by atoms with Gasteiger partial charge in [0.1, 0.15) is 5.76 Å². The van der Waals surface area contributed by atoms with Crippen molar-refractivity contribution >= 4 is 28.4 Å². The number of hydrogen-bond donors (Lipinski definition) is 1. The standard InChI is InChI=1S/C21H16ClN3O2/c1-13-17(22)8-7-15-16(21(26)24-12-14-5-4-10-27-14)11-19(25-20(13)15)18-6-2-3-9-23-18/h2-11H,12H2,1H3,(H,24,26). The molecule has 3 heterocycles. The van der Waals surface area contributed by atoms with E-state index < -0.39 is 0 Å². The van der Waals surface area contributed by atoms with Gasteiger partial charge in [-0.3, -0.25) is 9.78 Å². The van der Waals surface area contributed by atoms with Crippen molar-refractivity contribution in [2.24, 2.45) is 0 Å². The molecule has 0 saturated heterocycles. The Balaban J connectivity index is 1.82. The molecule has 1 amide bonds. The summed E-state index contributed by atoms with van der Waals surface area (Å²) < 4.78 is 5.28. The maximum absolute atomic E-state index is 12.9. The Morgan fingerprint density at radius 1 is 1.15 bits per heavy atom. The molecule has 4 aromatic rings. The van der Waals surface area contributed by atoms with Gasteiger partial charge >= 0.3 is 0 Å². The van der Waals surface area contributed by atoms with Crippen LogP contribution in [0.3, 0.4) is 0 Å². The highest BCUT2D eigenvalue weighted by molar-refractivity contribution is 6.32.